The Morgan fingerprint density at radius 3 is 2.68 bits per heavy atom. The molecule has 0 spiro atoms. The summed E-state index contributed by atoms with van der Waals surface area (Å²) in [7, 11) is 0. The van der Waals surface area contributed by atoms with Crippen molar-refractivity contribution >= 4 is 29.9 Å². The number of para-hydroxylation sites is 1. The van der Waals surface area contributed by atoms with E-state index in [1.807, 2.05) is 30.3 Å². The van der Waals surface area contributed by atoms with Crippen molar-refractivity contribution in [3.63, 3.8) is 0 Å². The Morgan fingerprint density at radius 2 is 1.96 bits per heavy atom. The number of benzene rings is 1. The summed E-state index contributed by atoms with van der Waals surface area (Å²) in [6, 6.07) is 9.90. The Hall–Kier alpha value is -1.06. The second-order valence-corrected chi connectivity index (χ2v) is 5.66. The lowest BCUT2D eigenvalue weighted by molar-refractivity contribution is 0.0389. The van der Waals surface area contributed by atoms with Gasteiger partial charge >= 0.3 is 0 Å². The number of nitrogens with zero attached hydrogens (tertiary/aromatic N) is 2. The molecule has 1 heterocycles. The van der Waals surface area contributed by atoms with Crippen molar-refractivity contribution in [3.05, 3.63) is 30.3 Å². The van der Waals surface area contributed by atoms with Crippen LogP contribution in [0.3, 0.4) is 0 Å². The SMILES string of the molecule is CCNC(=NCCCOc1ccccc1)NCCN1CCOCC1.I. The van der Waals surface area contributed by atoms with Crippen LogP contribution in [0, 0.1) is 0 Å². The van der Waals surface area contributed by atoms with E-state index >= 15 is 0 Å². The first-order valence-electron chi connectivity index (χ1n) is 8.88. The topological polar surface area (TPSA) is 58.1 Å². The molecule has 0 unspecified atom stereocenters. The number of morpholine rings is 1. The van der Waals surface area contributed by atoms with Crippen LogP contribution in [0.25, 0.3) is 0 Å². The lowest BCUT2D eigenvalue weighted by atomic mass is 10.3. The van der Waals surface area contributed by atoms with Gasteiger partial charge in [0.05, 0.1) is 19.8 Å². The van der Waals surface area contributed by atoms with E-state index in [9.17, 15) is 0 Å². The Labute approximate surface area is 168 Å². The first-order valence-corrected chi connectivity index (χ1v) is 8.88. The Kier molecular flexibility index (Phi) is 12.4. The molecule has 1 aromatic carbocycles. The molecule has 25 heavy (non-hydrogen) atoms. The van der Waals surface area contributed by atoms with Crippen LogP contribution in [0.5, 0.6) is 5.75 Å². The van der Waals surface area contributed by atoms with E-state index in [4.69, 9.17) is 9.47 Å². The summed E-state index contributed by atoms with van der Waals surface area (Å²) >= 11 is 0. The van der Waals surface area contributed by atoms with Gasteiger partial charge in [-0.2, -0.15) is 0 Å². The van der Waals surface area contributed by atoms with Crippen molar-refractivity contribution in [2.24, 2.45) is 4.99 Å². The molecule has 6 nitrogen and oxygen atoms in total. The first-order chi connectivity index (χ1) is 11.9. The molecule has 0 saturated carbocycles. The van der Waals surface area contributed by atoms with E-state index in [0.29, 0.717) is 6.61 Å². The van der Waals surface area contributed by atoms with E-state index in [1.54, 1.807) is 0 Å². The molecule has 0 aliphatic carbocycles. The average molecular weight is 462 g/mol. The van der Waals surface area contributed by atoms with Crippen LogP contribution in [-0.2, 0) is 4.74 Å². The fourth-order valence-electron chi connectivity index (χ4n) is 2.46. The van der Waals surface area contributed by atoms with Crippen LogP contribution in [0.2, 0.25) is 0 Å². The molecule has 1 aromatic rings. The quantitative estimate of drug-likeness (QED) is 0.255. The van der Waals surface area contributed by atoms with Gasteiger partial charge in [0.1, 0.15) is 5.75 Å². The molecular weight excluding hydrogens is 431 g/mol. The zero-order chi connectivity index (χ0) is 16.9. The van der Waals surface area contributed by atoms with Gasteiger partial charge in [0.25, 0.3) is 0 Å². The smallest absolute Gasteiger partial charge is 0.191 e. The molecule has 0 radical (unpaired) electrons. The summed E-state index contributed by atoms with van der Waals surface area (Å²) in [5.41, 5.74) is 0. The van der Waals surface area contributed by atoms with E-state index in [-0.39, 0.29) is 24.0 Å². The van der Waals surface area contributed by atoms with Gasteiger partial charge in [0, 0.05) is 45.7 Å². The second-order valence-electron chi connectivity index (χ2n) is 5.66. The molecular formula is C18H31IN4O2. The Bertz CT molecular complexity index is 467. The molecule has 1 saturated heterocycles. The molecule has 1 aliphatic heterocycles. The highest BCUT2D eigenvalue weighted by atomic mass is 127. The molecule has 7 heteroatoms. The minimum Gasteiger partial charge on any atom is -0.494 e. The first kappa shape index (κ1) is 22.0. The zero-order valence-electron chi connectivity index (χ0n) is 15.1. The number of hydrogen-bond acceptors (Lipinski definition) is 4. The van der Waals surface area contributed by atoms with E-state index in [1.165, 1.54) is 0 Å². The average Bonchev–Trinajstić information content (AvgIpc) is 2.63. The highest BCUT2D eigenvalue weighted by Crippen LogP contribution is 2.08. The summed E-state index contributed by atoms with van der Waals surface area (Å²) in [5.74, 6) is 1.79. The lowest BCUT2D eigenvalue weighted by Gasteiger charge is -2.26. The molecule has 0 aromatic heterocycles. The second kappa shape index (κ2) is 14.1. The predicted octanol–water partition coefficient (Wildman–Crippen LogP) is 1.96. The van der Waals surface area contributed by atoms with Crippen molar-refractivity contribution in [1.82, 2.24) is 15.5 Å². The van der Waals surface area contributed by atoms with Crippen LogP contribution in [-0.4, -0.2) is 69.9 Å². The minimum absolute atomic E-state index is 0. The Morgan fingerprint density at radius 1 is 1.20 bits per heavy atom. The van der Waals surface area contributed by atoms with Gasteiger partial charge < -0.3 is 20.1 Å². The third-order valence-electron chi connectivity index (χ3n) is 3.75. The van der Waals surface area contributed by atoms with Gasteiger partial charge in [0.2, 0.25) is 0 Å². The summed E-state index contributed by atoms with van der Waals surface area (Å²) in [4.78, 5) is 7.01. The third kappa shape index (κ3) is 9.86. The highest BCUT2D eigenvalue weighted by Gasteiger charge is 2.09. The number of aliphatic imine (C=N–C) groups is 1. The number of ether oxygens (including phenoxy) is 2. The molecule has 2 N–H and O–H groups in total. The maximum absolute atomic E-state index is 5.68. The lowest BCUT2D eigenvalue weighted by Crippen LogP contribution is -2.44. The fraction of sp³-hybridized carbons (Fsp3) is 0.611. The maximum atomic E-state index is 5.68. The summed E-state index contributed by atoms with van der Waals surface area (Å²) < 4.78 is 11.0. The molecule has 142 valence electrons. The van der Waals surface area contributed by atoms with Crippen molar-refractivity contribution in [1.29, 1.82) is 0 Å². The molecule has 2 rings (SSSR count). The van der Waals surface area contributed by atoms with Gasteiger partial charge in [-0.3, -0.25) is 9.89 Å². The van der Waals surface area contributed by atoms with Crippen LogP contribution < -0.4 is 15.4 Å². The van der Waals surface area contributed by atoms with E-state index < -0.39 is 0 Å². The number of nitrogens with one attached hydrogen (secondary N) is 2. The highest BCUT2D eigenvalue weighted by molar-refractivity contribution is 14.0. The summed E-state index contributed by atoms with van der Waals surface area (Å²) in [5, 5.41) is 6.68. The van der Waals surface area contributed by atoms with Crippen molar-refractivity contribution < 1.29 is 9.47 Å². The molecule has 1 fully saturated rings. The number of hydrogen-bond donors (Lipinski definition) is 2. The summed E-state index contributed by atoms with van der Waals surface area (Å²) in [6.45, 7) is 10.0. The third-order valence-corrected chi connectivity index (χ3v) is 3.75. The number of halogens is 1. The van der Waals surface area contributed by atoms with E-state index in [0.717, 1.165) is 70.6 Å². The van der Waals surface area contributed by atoms with Gasteiger partial charge in [-0.15, -0.1) is 24.0 Å². The van der Waals surface area contributed by atoms with Gasteiger partial charge in [-0.1, -0.05) is 18.2 Å². The van der Waals surface area contributed by atoms with Crippen LogP contribution >= 0.6 is 24.0 Å². The molecule has 0 atom stereocenters. The Balaban J connectivity index is 0.00000312. The van der Waals surface area contributed by atoms with Crippen molar-refractivity contribution in [2.75, 3.05) is 59.1 Å². The van der Waals surface area contributed by atoms with Crippen molar-refractivity contribution in [3.8, 4) is 5.75 Å². The zero-order valence-corrected chi connectivity index (χ0v) is 17.4. The monoisotopic (exact) mass is 462 g/mol. The predicted molar refractivity (Wildman–Crippen MR) is 113 cm³/mol. The number of rotatable bonds is 9. The standard InChI is InChI=1S/C18H30N4O2.HI/c1-2-19-18(21-10-11-22-12-15-23-16-13-22)20-9-6-14-24-17-7-4-3-5-8-17;/h3-5,7-8H,2,6,9-16H2,1H3,(H2,19,20,21);1H. The van der Waals surface area contributed by atoms with Gasteiger partial charge in [-0.25, -0.2) is 0 Å². The fourth-order valence-corrected chi connectivity index (χ4v) is 2.46. The largest absolute Gasteiger partial charge is 0.494 e. The molecule has 0 bridgehead atoms. The molecule has 1 aliphatic rings. The maximum Gasteiger partial charge on any atom is 0.191 e. The van der Waals surface area contributed by atoms with Gasteiger partial charge in [0.15, 0.2) is 5.96 Å². The van der Waals surface area contributed by atoms with E-state index in [2.05, 4.69) is 27.4 Å². The summed E-state index contributed by atoms with van der Waals surface area (Å²) in [6.07, 6.45) is 0.898. The number of guanidine groups is 1. The van der Waals surface area contributed by atoms with Gasteiger partial charge in [-0.05, 0) is 19.1 Å². The van der Waals surface area contributed by atoms with Crippen LogP contribution in [0.1, 0.15) is 13.3 Å². The van der Waals surface area contributed by atoms with Crippen molar-refractivity contribution in [2.45, 2.75) is 13.3 Å². The minimum atomic E-state index is 0. The molecule has 0 amide bonds. The van der Waals surface area contributed by atoms with Crippen LogP contribution in [0.4, 0.5) is 0 Å². The normalized spacial score (nSPS) is 15.3. The van der Waals surface area contributed by atoms with Crippen LogP contribution in [0.15, 0.2) is 35.3 Å².